The molecule has 0 unspecified atom stereocenters. The molecular weight excluding hydrogens is 244 g/mol. The molecule has 1 aliphatic heterocycles. The van der Waals surface area contributed by atoms with Crippen molar-refractivity contribution >= 4 is 5.97 Å². The summed E-state index contributed by atoms with van der Waals surface area (Å²) in [5, 5.41) is 0. The maximum absolute atomic E-state index is 11.8. The Hall–Kier alpha value is -2.33. The summed E-state index contributed by atoms with van der Waals surface area (Å²) in [5.74, 6) is 0.978. The molecule has 1 aliphatic rings. The summed E-state index contributed by atoms with van der Waals surface area (Å²) < 4.78 is 5.24. The second kappa shape index (κ2) is 5.12. The normalized spacial score (nSPS) is 12.6. The van der Waals surface area contributed by atoms with Crippen molar-refractivity contribution in [1.82, 2.24) is 0 Å². The second-order valence-corrected chi connectivity index (χ2v) is 4.25. The molecule has 0 bridgehead atoms. The lowest BCUT2D eigenvalue weighted by atomic mass is 10.1. The largest absolute Gasteiger partial charge is 0.426 e. The van der Waals surface area contributed by atoms with E-state index < -0.39 is 0 Å². The van der Waals surface area contributed by atoms with Gasteiger partial charge in [0.25, 0.3) is 0 Å². The Morgan fingerprint density at radius 3 is 2.84 bits per heavy atom. The van der Waals surface area contributed by atoms with Gasteiger partial charge in [0, 0.05) is 5.56 Å². The van der Waals surface area contributed by atoms with Gasteiger partial charge in [-0.1, -0.05) is 24.3 Å². The lowest BCUT2D eigenvalue weighted by molar-refractivity contribution is -0.194. The molecule has 4 nitrogen and oxygen atoms in total. The van der Waals surface area contributed by atoms with Crippen molar-refractivity contribution in [2.75, 3.05) is 0 Å². The zero-order valence-corrected chi connectivity index (χ0v) is 10.2. The Kier molecular flexibility index (Phi) is 3.16. The molecule has 2 aromatic carbocycles. The number of para-hydroxylation sites is 1. The highest BCUT2D eigenvalue weighted by atomic mass is 17.2. The van der Waals surface area contributed by atoms with Gasteiger partial charge in [-0.3, -0.25) is 4.79 Å². The fourth-order valence-corrected chi connectivity index (χ4v) is 1.92. The van der Waals surface area contributed by atoms with Crippen LogP contribution < -0.4 is 9.62 Å². The van der Waals surface area contributed by atoms with Gasteiger partial charge < -0.3 is 9.62 Å². The molecule has 0 fully saturated rings. The Morgan fingerprint density at radius 1 is 1.16 bits per heavy atom. The summed E-state index contributed by atoms with van der Waals surface area (Å²) in [6.45, 7) is 0.414. The van der Waals surface area contributed by atoms with E-state index in [1.807, 2.05) is 30.3 Å². The molecule has 0 radical (unpaired) electrons. The first-order chi connectivity index (χ1) is 9.31. The minimum absolute atomic E-state index is 0.224. The average Bonchev–Trinajstić information content (AvgIpc) is 2.87. The van der Waals surface area contributed by atoms with Gasteiger partial charge in [-0.05, 0) is 29.8 Å². The zero-order valence-electron chi connectivity index (χ0n) is 10.2. The molecular formula is C15H12O4. The van der Waals surface area contributed by atoms with E-state index in [4.69, 9.17) is 14.5 Å². The maximum atomic E-state index is 11.8. The van der Waals surface area contributed by atoms with Crippen molar-refractivity contribution in [3.8, 4) is 11.5 Å². The first-order valence-corrected chi connectivity index (χ1v) is 5.98. The predicted octanol–water partition coefficient (Wildman–Crippen LogP) is 2.66. The maximum Gasteiger partial charge on any atom is 0.315 e. The van der Waals surface area contributed by atoms with E-state index in [9.17, 15) is 4.79 Å². The van der Waals surface area contributed by atoms with Crippen LogP contribution in [0.2, 0.25) is 0 Å². The van der Waals surface area contributed by atoms with Crippen LogP contribution in [0, 0.1) is 0 Å². The Balaban J connectivity index is 1.66. The third-order valence-corrected chi connectivity index (χ3v) is 2.81. The van der Waals surface area contributed by atoms with Crippen LogP contribution in [0.5, 0.6) is 11.5 Å². The SMILES string of the molecule is O=C(Cc1ccc2c(c1)COO2)Oc1ccccc1. The molecule has 0 atom stereocenters. The van der Waals surface area contributed by atoms with Crippen molar-refractivity contribution in [1.29, 1.82) is 0 Å². The van der Waals surface area contributed by atoms with Crippen molar-refractivity contribution < 1.29 is 19.3 Å². The van der Waals surface area contributed by atoms with Crippen LogP contribution in [-0.4, -0.2) is 5.97 Å². The van der Waals surface area contributed by atoms with E-state index in [2.05, 4.69) is 0 Å². The number of fused-ring (bicyclic) bond motifs is 1. The van der Waals surface area contributed by atoms with Gasteiger partial charge in [0.05, 0.1) is 6.42 Å². The van der Waals surface area contributed by atoms with E-state index in [0.717, 1.165) is 11.1 Å². The quantitative estimate of drug-likeness (QED) is 0.481. The molecule has 0 saturated heterocycles. The molecule has 4 heteroatoms. The Morgan fingerprint density at radius 2 is 2.00 bits per heavy atom. The van der Waals surface area contributed by atoms with Crippen molar-refractivity contribution in [2.24, 2.45) is 0 Å². The molecule has 1 heterocycles. The molecule has 2 aromatic rings. The van der Waals surface area contributed by atoms with Gasteiger partial charge in [-0.2, -0.15) is 4.89 Å². The van der Waals surface area contributed by atoms with Crippen LogP contribution in [0.3, 0.4) is 0 Å². The fraction of sp³-hybridized carbons (Fsp3) is 0.133. The van der Waals surface area contributed by atoms with Crippen molar-refractivity contribution in [2.45, 2.75) is 13.0 Å². The zero-order chi connectivity index (χ0) is 13.1. The second-order valence-electron chi connectivity index (χ2n) is 4.25. The topological polar surface area (TPSA) is 44.8 Å². The smallest absolute Gasteiger partial charge is 0.315 e. The highest BCUT2D eigenvalue weighted by Crippen LogP contribution is 2.26. The molecule has 0 aromatic heterocycles. The molecule has 0 N–H and O–H groups in total. The Bertz CT molecular complexity index is 592. The van der Waals surface area contributed by atoms with Gasteiger partial charge in [0.2, 0.25) is 0 Å². The summed E-state index contributed by atoms with van der Waals surface area (Å²) in [6, 6.07) is 14.6. The lowest BCUT2D eigenvalue weighted by Gasteiger charge is -2.04. The Labute approximate surface area is 110 Å². The number of carbonyl (C=O) groups is 1. The minimum atomic E-state index is -0.286. The van der Waals surface area contributed by atoms with Gasteiger partial charge >= 0.3 is 5.97 Å². The van der Waals surface area contributed by atoms with Gasteiger partial charge in [-0.25, -0.2) is 0 Å². The number of rotatable bonds is 3. The van der Waals surface area contributed by atoms with Crippen LogP contribution in [-0.2, 0) is 22.7 Å². The van der Waals surface area contributed by atoms with Crippen LogP contribution in [0.15, 0.2) is 48.5 Å². The van der Waals surface area contributed by atoms with Crippen LogP contribution in [0.25, 0.3) is 0 Å². The third-order valence-electron chi connectivity index (χ3n) is 2.81. The number of hydrogen-bond acceptors (Lipinski definition) is 4. The van der Waals surface area contributed by atoms with E-state index in [0.29, 0.717) is 18.1 Å². The third kappa shape index (κ3) is 2.74. The summed E-state index contributed by atoms with van der Waals surface area (Å²) in [7, 11) is 0. The standard InChI is InChI=1S/C15H12O4/c16-15(18-13-4-2-1-3-5-13)9-11-6-7-14-12(8-11)10-17-19-14/h1-8H,9-10H2. The first kappa shape index (κ1) is 11.7. The average molecular weight is 256 g/mol. The van der Waals surface area contributed by atoms with E-state index in [1.54, 1.807) is 18.2 Å². The number of ether oxygens (including phenoxy) is 1. The summed E-state index contributed by atoms with van der Waals surface area (Å²) in [4.78, 5) is 21.6. The number of carbonyl (C=O) groups excluding carboxylic acids is 1. The van der Waals surface area contributed by atoms with Gasteiger partial charge in [-0.15, -0.1) is 0 Å². The van der Waals surface area contributed by atoms with Gasteiger partial charge in [0.1, 0.15) is 12.4 Å². The molecule has 0 spiro atoms. The minimum Gasteiger partial charge on any atom is -0.426 e. The number of hydrogen-bond donors (Lipinski definition) is 0. The monoisotopic (exact) mass is 256 g/mol. The molecule has 0 saturated carbocycles. The van der Waals surface area contributed by atoms with Crippen LogP contribution >= 0.6 is 0 Å². The van der Waals surface area contributed by atoms with Crippen molar-refractivity contribution in [3.63, 3.8) is 0 Å². The van der Waals surface area contributed by atoms with Crippen LogP contribution in [0.1, 0.15) is 11.1 Å². The highest BCUT2D eigenvalue weighted by molar-refractivity contribution is 5.75. The summed E-state index contributed by atoms with van der Waals surface area (Å²) >= 11 is 0. The molecule has 19 heavy (non-hydrogen) atoms. The van der Waals surface area contributed by atoms with E-state index >= 15 is 0 Å². The molecule has 3 rings (SSSR count). The fourth-order valence-electron chi connectivity index (χ4n) is 1.92. The van der Waals surface area contributed by atoms with E-state index in [1.165, 1.54) is 0 Å². The molecule has 0 aliphatic carbocycles. The van der Waals surface area contributed by atoms with Gasteiger partial charge in [0.15, 0.2) is 5.75 Å². The lowest BCUT2D eigenvalue weighted by Crippen LogP contribution is -2.11. The van der Waals surface area contributed by atoms with E-state index in [-0.39, 0.29) is 12.4 Å². The first-order valence-electron chi connectivity index (χ1n) is 5.98. The number of benzene rings is 2. The predicted molar refractivity (Wildman–Crippen MR) is 67.6 cm³/mol. The number of esters is 1. The summed E-state index contributed by atoms with van der Waals surface area (Å²) in [5.41, 5.74) is 1.83. The van der Waals surface area contributed by atoms with Crippen molar-refractivity contribution in [3.05, 3.63) is 59.7 Å². The van der Waals surface area contributed by atoms with Crippen LogP contribution in [0.4, 0.5) is 0 Å². The highest BCUT2D eigenvalue weighted by Gasteiger charge is 2.15. The summed E-state index contributed by atoms with van der Waals surface area (Å²) in [6.07, 6.45) is 0.224. The molecule has 0 amide bonds. The molecule has 96 valence electrons.